The lowest BCUT2D eigenvalue weighted by atomic mass is 10.1. The van der Waals surface area contributed by atoms with Crippen LogP contribution in [-0.4, -0.2) is 0 Å². The van der Waals surface area contributed by atoms with Crippen molar-refractivity contribution < 1.29 is 4.84 Å². The average Bonchev–Trinajstić information content (AvgIpc) is 2.19. The van der Waals surface area contributed by atoms with Gasteiger partial charge in [-0.05, 0) is 16.3 Å². The molecule has 0 aliphatic carbocycles. The van der Waals surface area contributed by atoms with Crippen LogP contribution in [0.25, 0.3) is 10.8 Å². The van der Waals surface area contributed by atoms with Crippen molar-refractivity contribution in [2.45, 2.75) is 6.61 Å². The molecule has 0 aliphatic rings. The summed E-state index contributed by atoms with van der Waals surface area (Å²) < 4.78 is 0. The van der Waals surface area contributed by atoms with Crippen molar-refractivity contribution in [1.29, 1.82) is 0 Å². The van der Waals surface area contributed by atoms with Gasteiger partial charge in [-0.25, -0.2) is 0 Å². The molecule has 0 aliphatic heterocycles. The second-order valence-corrected chi connectivity index (χ2v) is 2.93. The minimum Gasteiger partial charge on any atom is -0.280 e. The number of hydrogen-bond donors (Lipinski definition) is 0. The lowest BCUT2D eigenvalue weighted by Crippen LogP contribution is -1.90. The molecule has 0 heterocycles. The van der Waals surface area contributed by atoms with Gasteiger partial charge in [0.2, 0.25) is 0 Å². The first kappa shape index (κ1) is 8.23. The second kappa shape index (κ2) is 3.56. The monoisotopic (exact) mass is 172 g/mol. The van der Waals surface area contributed by atoms with E-state index in [-0.39, 0.29) is 0 Å². The third-order valence-corrected chi connectivity index (χ3v) is 2.11. The van der Waals surface area contributed by atoms with E-state index < -0.39 is 0 Å². The molecule has 2 aromatic carbocycles. The molecule has 2 rings (SSSR count). The van der Waals surface area contributed by atoms with Gasteiger partial charge in [-0.3, -0.25) is 4.84 Å². The first-order valence-electron chi connectivity index (χ1n) is 4.17. The highest BCUT2D eigenvalue weighted by atomic mass is 16.6. The Morgan fingerprint density at radius 2 is 1.77 bits per heavy atom. The highest BCUT2D eigenvalue weighted by Crippen LogP contribution is 2.18. The van der Waals surface area contributed by atoms with Crippen molar-refractivity contribution in [2.24, 2.45) is 0 Å². The summed E-state index contributed by atoms with van der Waals surface area (Å²) in [6.45, 7) is 0.349. The zero-order valence-electron chi connectivity index (χ0n) is 7.16. The maximum atomic E-state index is 6.72. The third kappa shape index (κ3) is 1.54. The molecule has 13 heavy (non-hydrogen) atoms. The van der Waals surface area contributed by atoms with Crippen LogP contribution in [0.4, 0.5) is 0 Å². The Balaban J connectivity index is 2.61. The summed E-state index contributed by atoms with van der Waals surface area (Å²) in [6, 6.07) is 14.1. The minimum atomic E-state index is 0.349. The molecule has 2 nitrogen and oxygen atoms in total. The van der Waals surface area contributed by atoms with E-state index in [1.54, 1.807) is 0 Å². The summed E-state index contributed by atoms with van der Waals surface area (Å²) in [5, 5.41) is 2.36. The predicted molar refractivity (Wildman–Crippen MR) is 51.8 cm³/mol. The molecule has 2 heteroatoms. The minimum absolute atomic E-state index is 0.349. The quantitative estimate of drug-likeness (QED) is 0.641. The highest BCUT2D eigenvalue weighted by molar-refractivity contribution is 5.85. The number of benzene rings is 2. The third-order valence-electron chi connectivity index (χ3n) is 2.11. The van der Waals surface area contributed by atoms with Crippen LogP contribution in [0.5, 0.6) is 0 Å². The van der Waals surface area contributed by atoms with Crippen LogP contribution >= 0.6 is 0 Å². The van der Waals surface area contributed by atoms with Gasteiger partial charge in [0.05, 0.1) is 6.61 Å². The SMILES string of the molecule is [NH]OCc1cccc2ccccc12. The summed E-state index contributed by atoms with van der Waals surface area (Å²) in [6.07, 6.45) is 0. The lowest BCUT2D eigenvalue weighted by Gasteiger charge is -2.03. The smallest absolute Gasteiger partial charge is 0.0956 e. The van der Waals surface area contributed by atoms with Crippen LogP contribution in [-0.2, 0) is 11.4 Å². The van der Waals surface area contributed by atoms with E-state index in [0.717, 1.165) is 10.9 Å². The lowest BCUT2D eigenvalue weighted by molar-refractivity contribution is 0.105. The van der Waals surface area contributed by atoms with Gasteiger partial charge in [-0.15, -0.1) is 5.90 Å². The molecule has 0 spiro atoms. The maximum Gasteiger partial charge on any atom is 0.0956 e. The number of hydrogen-bond acceptors (Lipinski definition) is 1. The first-order chi connectivity index (χ1) is 6.42. The van der Waals surface area contributed by atoms with Gasteiger partial charge in [0.1, 0.15) is 0 Å². The maximum absolute atomic E-state index is 6.72. The van der Waals surface area contributed by atoms with Crippen LogP contribution in [0, 0.1) is 0 Å². The Hall–Kier alpha value is -1.38. The van der Waals surface area contributed by atoms with Crippen LogP contribution in [0.15, 0.2) is 42.5 Å². The molecule has 0 atom stereocenters. The zero-order chi connectivity index (χ0) is 9.10. The number of rotatable bonds is 2. The van der Waals surface area contributed by atoms with Gasteiger partial charge >= 0.3 is 0 Å². The molecule has 1 N–H and O–H groups in total. The molecule has 0 unspecified atom stereocenters. The fourth-order valence-corrected chi connectivity index (χ4v) is 1.50. The Morgan fingerprint density at radius 1 is 1.00 bits per heavy atom. The molecule has 0 bridgehead atoms. The van der Waals surface area contributed by atoms with E-state index in [2.05, 4.69) is 17.0 Å². The fourth-order valence-electron chi connectivity index (χ4n) is 1.50. The van der Waals surface area contributed by atoms with Crippen LogP contribution in [0.3, 0.4) is 0 Å². The van der Waals surface area contributed by atoms with Gasteiger partial charge < -0.3 is 0 Å². The van der Waals surface area contributed by atoms with Crippen molar-refractivity contribution in [2.75, 3.05) is 0 Å². The second-order valence-electron chi connectivity index (χ2n) is 2.93. The van der Waals surface area contributed by atoms with Crippen LogP contribution in [0.1, 0.15) is 5.56 Å². The normalized spacial score (nSPS) is 10.5. The van der Waals surface area contributed by atoms with Crippen molar-refractivity contribution in [1.82, 2.24) is 5.90 Å². The van der Waals surface area contributed by atoms with Gasteiger partial charge in [0.15, 0.2) is 0 Å². The Labute approximate surface area is 76.9 Å². The number of fused-ring (bicyclic) bond motifs is 1. The summed E-state index contributed by atoms with van der Waals surface area (Å²) >= 11 is 0. The molecule has 2 aromatic rings. The van der Waals surface area contributed by atoms with Crippen molar-refractivity contribution in [3.63, 3.8) is 0 Å². The largest absolute Gasteiger partial charge is 0.280 e. The Morgan fingerprint density at radius 3 is 2.62 bits per heavy atom. The summed E-state index contributed by atoms with van der Waals surface area (Å²) in [7, 11) is 0. The Kier molecular flexibility index (Phi) is 2.25. The van der Waals surface area contributed by atoms with E-state index in [1.807, 2.05) is 30.3 Å². The van der Waals surface area contributed by atoms with Crippen LogP contribution < -0.4 is 5.90 Å². The molecule has 65 valence electrons. The molecule has 0 aromatic heterocycles. The van der Waals surface area contributed by atoms with Gasteiger partial charge in [0, 0.05) is 0 Å². The van der Waals surface area contributed by atoms with E-state index in [4.69, 9.17) is 5.90 Å². The topological polar surface area (TPSA) is 33.0 Å². The average molecular weight is 172 g/mol. The summed E-state index contributed by atoms with van der Waals surface area (Å²) in [5.41, 5.74) is 1.06. The van der Waals surface area contributed by atoms with Gasteiger partial charge in [-0.1, -0.05) is 42.5 Å². The molecule has 0 amide bonds. The van der Waals surface area contributed by atoms with Crippen LogP contribution in [0.2, 0.25) is 0 Å². The Bertz CT molecular complexity index is 406. The first-order valence-corrected chi connectivity index (χ1v) is 4.17. The standard InChI is InChI=1S/C11H10NO/c12-13-8-10-6-3-5-9-4-1-2-7-11(9)10/h1-7,12H,8H2. The molecule has 1 radical (unpaired) electrons. The van der Waals surface area contributed by atoms with Crippen molar-refractivity contribution in [3.05, 3.63) is 48.0 Å². The van der Waals surface area contributed by atoms with E-state index in [9.17, 15) is 0 Å². The van der Waals surface area contributed by atoms with E-state index >= 15 is 0 Å². The molecule has 0 saturated carbocycles. The molecule has 0 fully saturated rings. The van der Waals surface area contributed by atoms with Crippen molar-refractivity contribution >= 4 is 10.8 Å². The zero-order valence-corrected chi connectivity index (χ0v) is 7.16. The van der Waals surface area contributed by atoms with E-state index in [1.165, 1.54) is 5.39 Å². The number of nitrogens with one attached hydrogen (secondary N) is 1. The van der Waals surface area contributed by atoms with Gasteiger partial charge in [0.25, 0.3) is 0 Å². The van der Waals surface area contributed by atoms with E-state index in [0.29, 0.717) is 6.61 Å². The van der Waals surface area contributed by atoms with Crippen molar-refractivity contribution in [3.8, 4) is 0 Å². The molecular formula is C11H10NO. The molecule has 0 saturated heterocycles. The fraction of sp³-hybridized carbons (Fsp3) is 0.0909. The highest BCUT2D eigenvalue weighted by Gasteiger charge is 1.98. The van der Waals surface area contributed by atoms with Gasteiger partial charge in [-0.2, -0.15) is 0 Å². The molecular weight excluding hydrogens is 162 g/mol. The summed E-state index contributed by atoms with van der Waals surface area (Å²) in [5.74, 6) is 6.72. The summed E-state index contributed by atoms with van der Waals surface area (Å²) in [4.78, 5) is 4.39. The predicted octanol–water partition coefficient (Wildman–Crippen LogP) is 2.55.